The summed E-state index contributed by atoms with van der Waals surface area (Å²) in [7, 11) is 3.02. The van der Waals surface area contributed by atoms with Gasteiger partial charge in [0, 0.05) is 27.3 Å². The van der Waals surface area contributed by atoms with Crippen LogP contribution in [0.25, 0.3) is 0 Å². The Bertz CT molecular complexity index is 416. The third-order valence-electron chi connectivity index (χ3n) is 2.80. The Kier molecular flexibility index (Phi) is 7.84. The van der Waals surface area contributed by atoms with Crippen molar-refractivity contribution in [2.45, 2.75) is 12.2 Å². The first kappa shape index (κ1) is 17.5. The van der Waals surface area contributed by atoms with Gasteiger partial charge in [-0.2, -0.15) is 0 Å². The second-order valence-electron chi connectivity index (χ2n) is 4.68. The number of nitrogens with one attached hydrogen (secondary N) is 2. The molecule has 0 aromatic heterocycles. The lowest BCUT2D eigenvalue weighted by molar-refractivity contribution is 0.0724. The highest BCUT2D eigenvalue weighted by Gasteiger charge is 2.11. The molecule has 120 valence electrons. The first-order valence-electron chi connectivity index (χ1n) is 6.72. The van der Waals surface area contributed by atoms with E-state index >= 15 is 0 Å². The van der Waals surface area contributed by atoms with Crippen LogP contribution in [0.1, 0.15) is 0 Å². The van der Waals surface area contributed by atoms with Gasteiger partial charge in [0.2, 0.25) is 0 Å². The molecule has 0 heterocycles. The van der Waals surface area contributed by atoms with E-state index in [1.807, 2.05) is 0 Å². The van der Waals surface area contributed by atoms with E-state index in [2.05, 4.69) is 10.6 Å². The van der Waals surface area contributed by atoms with Crippen molar-refractivity contribution in [2.75, 3.05) is 51.2 Å². The minimum atomic E-state index is -0.679. The summed E-state index contributed by atoms with van der Waals surface area (Å²) in [6, 6.07) is 5.00. The van der Waals surface area contributed by atoms with E-state index in [1.54, 1.807) is 18.2 Å². The summed E-state index contributed by atoms with van der Waals surface area (Å²) in [6.07, 6.45) is -1.33. The number of aromatic hydroxyl groups is 1. The number of methoxy groups -OCH3 is 2. The molecule has 1 aromatic carbocycles. The van der Waals surface area contributed by atoms with E-state index in [0.717, 1.165) is 0 Å². The van der Waals surface area contributed by atoms with E-state index in [-0.39, 0.29) is 32.1 Å². The Hall–Kier alpha value is -1.54. The van der Waals surface area contributed by atoms with Crippen molar-refractivity contribution in [3.05, 3.63) is 18.2 Å². The van der Waals surface area contributed by atoms with Gasteiger partial charge in [-0.1, -0.05) is 6.07 Å². The van der Waals surface area contributed by atoms with Gasteiger partial charge in [0.05, 0.1) is 31.1 Å². The summed E-state index contributed by atoms with van der Waals surface area (Å²) in [5.74, 6) is 0.0610. The van der Waals surface area contributed by atoms with Crippen LogP contribution in [0.15, 0.2) is 18.2 Å². The van der Waals surface area contributed by atoms with Gasteiger partial charge >= 0.3 is 0 Å². The Labute approximate surface area is 124 Å². The van der Waals surface area contributed by atoms with Crippen molar-refractivity contribution >= 4 is 11.4 Å². The van der Waals surface area contributed by atoms with Crippen molar-refractivity contribution in [1.29, 1.82) is 0 Å². The van der Waals surface area contributed by atoms with E-state index in [1.165, 1.54) is 14.2 Å². The molecule has 21 heavy (non-hydrogen) atoms. The lowest BCUT2D eigenvalue weighted by Crippen LogP contribution is -2.26. The van der Waals surface area contributed by atoms with Gasteiger partial charge in [-0.25, -0.2) is 0 Å². The molecular formula is C14H24N2O5. The number of anilines is 2. The summed E-state index contributed by atoms with van der Waals surface area (Å²) < 4.78 is 9.69. The van der Waals surface area contributed by atoms with Crippen molar-refractivity contribution in [3.63, 3.8) is 0 Å². The summed E-state index contributed by atoms with van der Waals surface area (Å²) in [5.41, 5.74) is 1.10. The number of benzene rings is 1. The standard InChI is InChI=1S/C14H24N2O5/c1-20-8-10(17)6-15-12-4-3-5-13(19)14(12)16-7-11(18)9-21-2/h3-5,10-11,15-19H,6-9H2,1-2H3. The van der Waals surface area contributed by atoms with Gasteiger partial charge < -0.3 is 35.4 Å². The van der Waals surface area contributed by atoms with Crippen LogP contribution >= 0.6 is 0 Å². The predicted octanol–water partition coefficient (Wildman–Crippen LogP) is 0.231. The summed E-state index contributed by atoms with van der Waals surface area (Å²) >= 11 is 0. The average Bonchev–Trinajstić information content (AvgIpc) is 2.44. The normalized spacial score (nSPS) is 13.7. The number of aliphatic hydroxyl groups is 2. The van der Waals surface area contributed by atoms with Crippen molar-refractivity contribution in [3.8, 4) is 5.75 Å². The summed E-state index contributed by atoms with van der Waals surface area (Å²) in [5, 5.41) is 35.2. The molecule has 7 heteroatoms. The molecule has 0 saturated heterocycles. The maximum atomic E-state index is 9.90. The van der Waals surface area contributed by atoms with Gasteiger partial charge in [-0.15, -0.1) is 0 Å². The summed E-state index contributed by atoms with van der Waals surface area (Å²) in [6.45, 7) is 0.949. The molecule has 0 aliphatic heterocycles. The molecule has 5 N–H and O–H groups in total. The molecule has 0 spiro atoms. The molecule has 0 saturated carbocycles. The van der Waals surface area contributed by atoms with Crippen molar-refractivity contribution in [1.82, 2.24) is 0 Å². The number of para-hydroxylation sites is 1. The second kappa shape index (κ2) is 9.41. The van der Waals surface area contributed by atoms with Crippen LogP contribution in [-0.4, -0.2) is 68.1 Å². The smallest absolute Gasteiger partial charge is 0.140 e. The first-order valence-corrected chi connectivity index (χ1v) is 6.72. The Morgan fingerprint density at radius 1 is 1.00 bits per heavy atom. The average molecular weight is 300 g/mol. The molecule has 1 rings (SSSR count). The Balaban J connectivity index is 2.64. The minimum Gasteiger partial charge on any atom is -0.506 e. The maximum absolute atomic E-state index is 9.90. The van der Waals surface area contributed by atoms with E-state index in [4.69, 9.17) is 9.47 Å². The fourth-order valence-electron chi connectivity index (χ4n) is 1.82. The van der Waals surface area contributed by atoms with E-state index in [9.17, 15) is 15.3 Å². The Morgan fingerprint density at radius 2 is 1.57 bits per heavy atom. The fourth-order valence-corrected chi connectivity index (χ4v) is 1.82. The zero-order chi connectivity index (χ0) is 15.7. The molecule has 0 fully saturated rings. The number of phenolic OH excluding ortho intramolecular Hbond substituents is 1. The first-order chi connectivity index (χ1) is 10.1. The molecule has 0 radical (unpaired) electrons. The molecule has 0 amide bonds. The number of ether oxygens (including phenoxy) is 2. The quantitative estimate of drug-likeness (QED) is 0.394. The van der Waals surface area contributed by atoms with Crippen LogP contribution in [0.2, 0.25) is 0 Å². The number of rotatable bonds is 10. The molecule has 0 aliphatic carbocycles. The van der Waals surface area contributed by atoms with Gasteiger partial charge in [0.1, 0.15) is 11.4 Å². The monoisotopic (exact) mass is 300 g/mol. The van der Waals surface area contributed by atoms with Crippen LogP contribution in [-0.2, 0) is 9.47 Å². The fraction of sp³-hybridized carbons (Fsp3) is 0.571. The highest BCUT2D eigenvalue weighted by Crippen LogP contribution is 2.31. The van der Waals surface area contributed by atoms with Crippen molar-refractivity contribution < 1.29 is 24.8 Å². The van der Waals surface area contributed by atoms with E-state index in [0.29, 0.717) is 11.4 Å². The number of hydrogen-bond donors (Lipinski definition) is 5. The van der Waals surface area contributed by atoms with Crippen LogP contribution in [0.3, 0.4) is 0 Å². The molecule has 1 aromatic rings. The lowest BCUT2D eigenvalue weighted by atomic mass is 10.2. The van der Waals surface area contributed by atoms with Gasteiger partial charge in [0.25, 0.3) is 0 Å². The summed E-state index contributed by atoms with van der Waals surface area (Å²) in [4.78, 5) is 0. The SMILES string of the molecule is COCC(O)CNc1cccc(O)c1NCC(O)COC. The molecule has 2 unspecified atom stereocenters. The van der Waals surface area contributed by atoms with Crippen LogP contribution < -0.4 is 10.6 Å². The number of aliphatic hydroxyl groups excluding tert-OH is 2. The zero-order valence-electron chi connectivity index (χ0n) is 12.4. The third-order valence-corrected chi connectivity index (χ3v) is 2.80. The third kappa shape index (κ3) is 6.17. The number of phenols is 1. The highest BCUT2D eigenvalue weighted by molar-refractivity contribution is 5.75. The molecule has 0 aliphatic rings. The van der Waals surface area contributed by atoms with E-state index < -0.39 is 12.2 Å². The van der Waals surface area contributed by atoms with Gasteiger partial charge in [0.15, 0.2) is 0 Å². The molecule has 2 atom stereocenters. The van der Waals surface area contributed by atoms with Gasteiger partial charge in [-0.05, 0) is 12.1 Å². The largest absolute Gasteiger partial charge is 0.506 e. The van der Waals surface area contributed by atoms with Crippen LogP contribution in [0.5, 0.6) is 5.75 Å². The Morgan fingerprint density at radius 3 is 2.14 bits per heavy atom. The maximum Gasteiger partial charge on any atom is 0.140 e. The minimum absolute atomic E-state index is 0.0610. The second-order valence-corrected chi connectivity index (χ2v) is 4.68. The predicted molar refractivity (Wildman–Crippen MR) is 80.9 cm³/mol. The van der Waals surface area contributed by atoms with Crippen LogP contribution in [0, 0.1) is 0 Å². The number of hydrogen-bond acceptors (Lipinski definition) is 7. The molecular weight excluding hydrogens is 276 g/mol. The van der Waals surface area contributed by atoms with Crippen LogP contribution in [0.4, 0.5) is 11.4 Å². The molecule has 7 nitrogen and oxygen atoms in total. The topological polar surface area (TPSA) is 103 Å². The highest BCUT2D eigenvalue weighted by atomic mass is 16.5. The molecule has 0 bridgehead atoms. The lowest BCUT2D eigenvalue weighted by Gasteiger charge is -2.18. The zero-order valence-corrected chi connectivity index (χ0v) is 12.4. The van der Waals surface area contributed by atoms with Crippen molar-refractivity contribution in [2.24, 2.45) is 0 Å². The van der Waals surface area contributed by atoms with Gasteiger partial charge in [-0.3, -0.25) is 0 Å².